The number of benzene rings is 2. The Hall–Kier alpha value is -3.82. The molecule has 1 aliphatic heterocycles. The summed E-state index contributed by atoms with van der Waals surface area (Å²) in [6, 6.07) is 7.77. The maximum absolute atomic E-state index is 14.7. The van der Waals surface area contributed by atoms with Gasteiger partial charge in [0.1, 0.15) is 11.6 Å². The molecule has 1 saturated carbocycles. The molecule has 10 heteroatoms. The molecule has 2 amide bonds. The first-order valence-corrected chi connectivity index (χ1v) is 11.6. The number of aromatic amines is 1. The Kier molecular flexibility index (Phi) is 5.96. The van der Waals surface area contributed by atoms with E-state index in [0.29, 0.717) is 26.2 Å². The average Bonchev–Trinajstić information content (AvgIpc) is 2.81. The van der Waals surface area contributed by atoms with Crippen LogP contribution >= 0.6 is 0 Å². The molecular weight excluding hydrogens is 458 g/mol. The van der Waals surface area contributed by atoms with Gasteiger partial charge in [-0.15, -0.1) is 0 Å². The number of halogens is 2. The quantitative estimate of drug-likeness (QED) is 0.616. The van der Waals surface area contributed by atoms with E-state index < -0.39 is 22.9 Å². The molecule has 0 unspecified atom stereocenters. The molecule has 0 radical (unpaired) electrons. The molecule has 2 aromatic carbocycles. The van der Waals surface area contributed by atoms with Crippen LogP contribution < -0.4 is 11.2 Å². The number of hydrogen-bond donors (Lipinski definition) is 1. The van der Waals surface area contributed by atoms with E-state index in [-0.39, 0.29) is 46.3 Å². The van der Waals surface area contributed by atoms with E-state index in [1.165, 1.54) is 24.3 Å². The minimum atomic E-state index is -0.862. The predicted molar refractivity (Wildman–Crippen MR) is 124 cm³/mol. The first-order chi connectivity index (χ1) is 16.8. The third-order valence-corrected chi connectivity index (χ3v) is 6.93. The van der Waals surface area contributed by atoms with Crippen LogP contribution in [0.25, 0.3) is 10.9 Å². The Morgan fingerprint density at radius 1 is 0.943 bits per heavy atom. The molecule has 0 atom stereocenters. The molecule has 2 heterocycles. The van der Waals surface area contributed by atoms with Crippen molar-refractivity contribution in [3.63, 3.8) is 0 Å². The molecule has 3 aromatic rings. The van der Waals surface area contributed by atoms with Gasteiger partial charge in [-0.25, -0.2) is 13.6 Å². The number of H-pyrrole nitrogens is 1. The Bertz CT molecular complexity index is 1440. The number of amides is 2. The SMILES string of the molecule is O=C(c1ccc(F)c(Cn2c(=O)[nH]c(=O)c3c(F)cccc32)c1)N1CCN(C(=O)C2CCC2)CC1. The number of fused-ring (bicyclic) bond motifs is 1. The monoisotopic (exact) mass is 482 g/mol. The standard InChI is InChI=1S/C25H24F2N4O4/c26-18-8-7-16(24(34)30-11-9-29(10-12-30)23(33)15-3-1-4-15)13-17(18)14-31-20-6-2-5-19(27)21(20)22(32)28-25(31)35/h2,5-8,13,15H,1,3-4,9-12,14H2,(H,28,32,35). The maximum Gasteiger partial charge on any atom is 0.329 e. The van der Waals surface area contributed by atoms with Crippen molar-refractivity contribution in [1.82, 2.24) is 19.4 Å². The van der Waals surface area contributed by atoms with Crippen molar-refractivity contribution in [3.8, 4) is 0 Å². The summed E-state index contributed by atoms with van der Waals surface area (Å²) in [6.07, 6.45) is 2.94. The first kappa shape index (κ1) is 22.9. The highest BCUT2D eigenvalue weighted by atomic mass is 19.1. The lowest BCUT2D eigenvalue weighted by atomic mass is 9.84. The summed E-state index contributed by atoms with van der Waals surface area (Å²) in [7, 11) is 0. The van der Waals surface area contributed by atoms with Crippen LogP contribution in [0.2, 0.25) is 0 Å². The summed E-state index contributed by atoms with van der Waals surface area (Å²) in [5.41, 5.74) is -1.35. The van der Waals surface area contributed by atoms with Crippen molar-refractivity contribution in [2.45, 2.75) is 25.8 Å². The van der Waals surface area contributed by atoms with Crippen LogP contribution in [0.3, 0.4) is 0 Å². The maximum atomic E-state index is 14.7. The third kappa shape index (κ3) is 4.24. The summed E-state index contributed by atoms with van der Waals surface area (Å²) in [5.74, 6) is -1.47. The van der Waals surface area contributed by atoms with Crippen LogP contribution in [0.1, 0.15) is 35.2 Å². The van der Waals surface area contributed by atoms with Crippen molar-refractivity contribution in [3.05, 3.63) is 80.0 Å². The van der Waals surface area contributed by atoms with E-state index in [9.17, 15) is 28.0 Å². The van der Waals surface area contributed by atoms with Gasteiger partial charge in [-0.3, -0.25) is 23.9 Å². The molecular formula is C25H24F2N4O4. The van der Waals surface area contributed by atoms with Gasteiger partial charge in [0.2, 0.25) is 5.91 Å². The smallest absolute Gasteiger partial charge is 0.329 e. The van der Waals surface area contributed by atoms with Gasteiger partial charge in [-0.05, 0) is 43.2 Å². The van der Waals surface area contributed by atoms with Gasteiger partial charge in [0.15, 0.2) is 0 Å². The van der Waals surface area contributed by atoms with Crippen molar-refractivity contribution in [2.24, 2.45) is 5.92 Å². The van der Waals surface area contributed by atoms with Crippen LogP contribution in [-0.2, 0) is 11.3 Å². The van der Waals surface area contributed by atoms with E-state index in [1.54, 1.807) is 9.80 Å². The number of carbonyl (C=O) groups is 2. The highest BCUT2D eigenvalue weighted by molar-refractivity contribution is 5.94. The van der Waals surface area contributed by atoms with E-state index in [2.05, 4.69) is 4.98 Å². The Labute approximate surface area is 198 Å². The minimum absolute atomic E-state index is 0.0298. The fourth-order valence-corrected chi connectivity index (χ4v) is 4.68. The minimum Gasteiger partial charge on any atom is -0.339 e. The largest absolute Gasteiger partial charge is 0.339 e. The lowest BCUT2D eigenvalue weighted by molar-refractivity contribution is -0.139. The molecule has 1 aliphatic carbocycles. The second-order valence-corrected chi connectivity index (χ2v) is 9.03. The second kappa shape index (κ2) is 9.09. The average molecular weight is 482 g/mol. The zero-order valence-corrected chi connectivity index (χ0v) is 18.9. The lowest BCUT2D eigenvalue weighted by Crippen LogP contribution is -2.52. The van der Waals surface area contributed by atoms with Crippen molar-refractivity contribution in [2.75, 3.05) is 26.2 Å². The van der Waals surface area contributed by atoms with Gasteiger partial charge in [-0.2, -0.15) is 0 Å². The van der Waals surface area contributed by atoms with Gasteiger partial charge < -0.3 is 9.80 Å². The third-order valence-electron chi connectivity index (χ3n) is 6.93. The number of aromatic nitrogens is 2. The van der Waals surface area contributed by atoms with E-state index >= 15 is 0 Å². The lowest BCUT2D eigenvalue weighted by Gasteiger charge is -2.38. The van der Waals surface area contributed by atoms with Crippen molar-refractivity contribution >= 4 is 22.7 Å². The highest BCUT2D eigenvalue weighted by Gasteiger charge is 2.32. The topological polar surface area (TPSA) is 95.5 Å². The predicted octanol–water partition coefficient (Wildman–Crippen LogP) is 2.10. The van der Waals surface area contributed by atoms with E-state index in [1.807, 2.05) is 0 Å². The van der Waals surface area contributed by atoms with E-state index in [4.69, 9.17) is 0 Å². The Morgan fingerprint density at radius 2 is 1.66 bits per heavy atom. The number of rotatable bonds is 4. The molecule has 182 valence electrons. The van der Waals surface area contributed by atoms with Crippen LogP contribution in [-0.4, -0.2) is 57.3 Å². The number of nitrogens with one attached hydrogen (secondary N) is 1. The van der Waals surface area contributed by atoms with Crippen LogP contribution in [0.5, 0.6) is 0 Å². The number of piperazine rings is 1. The zero-order chi connectivity index (χ0) is 24.7. The van der Waals surface area contributed by atoms with Crippen molar-refractivity contribution < 1.29 is 18.4 Å². The molecule has 1 N–H and O–H groups in total. The molecule has 8 nitrogen and oxygen atoms in total. The second-order valence-electron chi connectivity index (χ2n) is 9.03. The molecule has 2 aliphatic rings. The summed E-state index contributed by atoms with van der Waals surface area (Å²) in [5, 5.41) is -0.297. The van der Waals surface area contributed by atoms with Gasteiger partial charge >= 0.3 is 5.69 Å². The van der Waals surface area contributed by atoms with Crippen LogP contribution in [0.4, 0.5) is 8.78 Å². The molecule has 35 heavy (non-hydrogen) atoms. The summed E-state index contributed by atoms with van der Waals surface area (Å²) in [4.78, 5) is 55.6. The Morgan fingerprint density at radius 3 is 2.34 bits per heavy atom. The Balaban J connectivity index is 1.37. The molecule has 2 fully saturated rings. The van der Waals surface area contributed by atoms with Gasteiger partial charge in [0, 0.05) is 43.2 Å². The zero-order valence-electron chi connectivity index (χ0n) is 18.9. The molecule has 1 aromatic heterocycles. The van der Waals surface area contributed by atoms with Gasteiger partial charge in [0.25, 0.3) is 11.5 Å². The van der Waals surface area contributed by atoms with E-state index in [0.717, 1.165) is 36.0 Å². The fraction of sp³-hybridized carbons (Fsp3) is 0.360. The summed E-state index contributed by atoms with van der Waals surface area (Å²) in [6.45, 7) is 1.38. The first-order valence-electron chi connectivity index (χ1n) is 11.6. The molecule has 1 saturated heterocycles. The van der Waals surface area contributed by atoms with Crippen LogP contribution in [0.15, 0.2) is 46.0 Å². The number of hydrogen-bond acceptors (Lipinski definition) is 4. The number of carbonyl (C=O) groups excluding carboxylic acids is 2. The summed E-state index contributed by atoms with van der Waals surface area (Å²) >= 11 is 0. The van der Waals surface area contributed by atoms with Crippen LogP contribution in [0, 0.1) is 17.6 Å². The van der Waals surface area contributed by atoms with Gasteiger partial charge in [0.05, 0.1) is 17.4 Å². The number of nitrogens with zero attached hydrogens (tertiary/aromatic N) is 3. The summed E-state index contributed by atoms with van der Waals surface area (Å²) < 4.78 is 30.0. The fourth-order valence-electron chi connectivity index (χ4n) is 4.68. The molecule has 5 rings (SSSR count). The van der Waals surface area contributed by atoms with Crippen molar-refractivity contribution in [1.29, 1.82) is 0 Å². The normalized spacial score (nSPS) is 16.4. The highest BCUT2D eigenvalue weighted by Crippen LogP contribution is 2.28. The van der Waals surface area contributed by atoms with Gasteiger partial charge in [-0.1, -0.05) is 12.5 Å². The molecule has 0 spiro atoms. The molecule has 0 bridgehead atoms.